The van der Waals surface area contributed by atoms with Gasteiger partial charge < -0.3 is 14.8 Å². The van der Waals surface area contributed by atoms with Crippen LogP contribution in [0.1, 0.15) is 18.0 Å². The maximum atomic E-state index is 12.2. The van der Waals surface area contributed by atoms with E-state index in [2.05, 4.69) is 10.1 Å². The monoisotopic (exact) mass is 275 g/mol. The topological polar surface area (TPSA) is 30.5 Å². The molecule has 1 aromatic carbocycles. The summed E-state index contributed by atoms with van der Waals surface area (Å²) in [4.78, 5) is 0. The second-order valence-electron chi connectivity index (χ2n) is 4.51. The Hall–Kier alpha value is -1.27. The number of halogens is 3. The van der Waals surface area contributed by atoms with E-state index in [1.54, 1.807) is 19.2 Å². The fourth-order valence-corrected chi connectivity index (χ4v) is 2.40. The van der Waals surface area contributed by atoms with E-state index in [4.69, 9.17) is 4.74 Å². The van der Waals surface area contributed by atoms with Crippen LogP contribution in [0.3, 0.4) is 0 Å². The van der Waals surface area contributed by atoms with Gasteiger partial charge in [0.15, 0.2) is 0 Å². The van der Waals surface area contributed by atoms with Crippen molar-refractivity contribution in [3.05, 3.63) is 29.8 Å². The lowest BCUT2D eigenvalue weighted by Crippen LogP contribution is -2.25. The summed E-state index contributed by atoms with van der Waals surface area (Å²) in [6.45, 7) is 1.32. The highest BCUT2D eigenvalue weighted by molar-refractivity contribution is 5.31. The van der Waals surface area contributed by atoms with Gasteiger partial charge in [-0.2, -0.15) is 0 Å². The summed E-state index contributed by atoms with van der Waals surface area (Å²) in [5.41, 5.74) is 0.778. The van der Waals surface area contributed by atoms with Gasteiger partial charge in [-0.15, -0.1) is 13.2 Å². The van der Waals surface area contributed by atoms with E-state index in [1.807, 2.05) is 0 Å². The minimum absolute atomic E-state index is 0.0284. The number of alkyl halides is 3. The highest BCUT2D eigenvalue weighted by Gasteiger charge is 2.32. The highest BCUT2D eigenvalue weighted by atomic mass is 19.4. The van der Waals surface area contributed by atoms with Gasteiger partial charge >= 0.3 is 6.36 Å². The van der Waals surface area contributed by atoms with Crippen molar-refractivity contribution < 1.29 is 22.6 Å². The van der Waals surface area contributed by atoms with Gasteiger partial charge in [-0.05, 0) is 31.2 Å². The molecule has 1 saturated heterocycles. The van der Waals surface area contributed by atoms with Gasteiger partial charge in [0.25, 0.3) is 0 Å². The summed E-state index contributed by atoms with van der Waals surface area (Å²) >= 11 is 0. The van der Waals surface area contributed by atoms with Gasteiger partial charge in [-0.25, -0.2) is 0 Å². The van der Waals surface area contributed by atoms with E-state index in [0.717, 1.165) is 12.0 Å². The molecule has 0 saturated carbocycles. The molecule has 2 rings (SSSR count). The van der Waals surface area contributed by atoms with Crippen molar-refractivity contribution in [2.45, 2.75) is 18.8 Å². The smallest absolute Gasteiger partial charge is 0.406 e. The molecule has 1 aromatic rings. The van der Waals surface area contributed by atoms with E-state index in [0.29, 0.717) is 13.2 Å². The average molecular weight is 275 g/mol. The molecule has 2 unspecified atom stereocenters. The maximum Gasteiger partial charge on any atom is 0.573 e. The van der Waals surface area contributed by atoms with E-state index in [-0.39, 0.29) is 17.7 Å². The molecule has 0 aliphatic carbocycles. The molecule has 0 aromatic heterocycles. The van der Waals surface area contributed by atoms with E-state index < -0.39 is 6.36 Å². The van der Waals surface area contributed by atoms with Crippen LogP contribution in [0.2, 0.25) is 0 Å². The SMILES string of the molecule is CNC(c1cccc(OC(F)(F)F)c1)C1CCOC1. The lowest BCUT2D eigenvalue weighted by atomic mass is 9.92. The van der Waals surface area contributed by atoms with Gasteiger partial charge in [0.1, 0.15) is 5.75 Å². The molecule has 1 N–H and O–H groups in total. The first-order valence-electron chi connectivity index (χ1n) is 6.10. The first kappa shape index (κ1) is 14.1. The van der Waals surface area contributed by atoms with Crippen LogP contribution in [-0.2, 0) is 4.74 Å². The van der Waals surface area contributed by atoms with Crippen LogP contribution in [-0.4, -0.2) is 26.6 Å². The zero-order chi connectivity index (χ0) is 13.9. The lowest BCUT2D eigenvalue weighted by Gasteiger charge is -2.23. The molecule has 6 heteroatoms. The summed E-state index contributed by atoms with van der Waals surface area (Å²) < 4.78 is 45.9. The second-order valence-corrected chi connectivity index (χ2v) is 4.51. The Kier molecular flexibility index (Phi) is 4.31. The molecule has 0 spiro atoms. The molecular formula is C13H16F3NO2. The summed E-state index contributed by atoms with van der Waals surface area (Å²) in [6.07, 6.45) is -3.76. The Balaban J connectivity index is 2.16. The van der Waals surface area contributed by atoms with Gasteiger partial charge in [0.2, 0.25) is 0 Å². The zero-order valence-electron chi connectivity index (χ0n) is 10.5. The second kappa shape index (κ2) is 5.79. The zero-order valence-corrected chi connectivity index (χ0v) is 10.5. The fraction of sp³-hybridized carbons (Fsp3) is 0.538. The number of rotatable bonds is 4. The molecule has 106 valence electrons. The van der Waals surface area contributed by atoms with E-state index in [1.165, 1.54) is 12.1 Å². The summed E-state index contributed by atoms with van der Waals surface area (Å²) in [5, 5.41) is 3.13. The Morgan fingerprint density at radius 2 is 2.21 bits per heavy atom. The van der Waals surface area contributed by atoms with Crippen LogP contribution < -0.4 is 10.1 Å². The minimum atomic E-state index is -4.66. The predicted molar refractivity (Wildman–Crippen MR) is 63.9 cm³/mol. The van der Waals surface area contributed by atoms with Crippen molar-refractivity contribution in [2.24, 2.45) is 5.92 Å². The number of hydrogen-bond donors (Lipinski definition) is 1. The molecule has 0 bridgehead atoms. The number of benzene rings is 1. The summed E-state index contributed by atoms with van der Waals surface area (Å²) in [5.74, 6) is 0.0790. The van der Waals surface area contributed by atoms with E-state index in [9.17, 15) is 13.2 Å². The summed E-state index contributed by atoms with van der Waals surface area (Å²) in [7, 11) is 1.79. The number of nitrogens with one attached hydrogen (secondary N) is 1. The quantitative estimate of drug-likeness (QED) is 0.916. The van der Waals surface area contributed by atoms with Crippen molar-refractivity contribution in [3.8, 4) is 5.75 Å². The number of hydrogen-bond acceptors (Lipinski definition) is 3. The van der Waals surface area contributed by atoms with Gasteiger partial charge in [0.05, 0.1) is 6.61 Å². The third-order valence-electron chi connectivity index (χ3n) is 3.20. The molecule has 1 aliphatic heterocycles. The Morgan fingerprint density at radius 1 is 1.42 bits per heavy atom. The molecule has 0 radical (unpaired) electrons. The molecule has 1 aliphatic rings. The molecule has 1 fully saturated rings. The van der Waals surface area contributed by atoms with Crippen molar-refractivity contribution in [3.63, 3.8) is 0 Å². The van der Waals surface area contributed by atoms with Crippen LogP contribution >= 0.6 is 0 Å². The Bertz CT molecular complexity index is 417. The molecule has 1 heterocycles. The van der Waals surface area contributed by atoms with Crippen LogP contribution in [0.25, 0.3) is 0 Å². The molecule has 2 atom stereocenters. The molecule has 3 nitrogen and oxygen atoms in total. The lowest BCUT2D eigenvalue weighted by molar-refractivity contribution is -0.274. The Labute approximate surface area is 109 Å². The number of ether oxygens (including phenoxy) is 2. The van der Waals surface area contributed by atoms with Crippen molar-refractivity contribution >= 4 is 0 Å². The molecule has 19 heavy (non-hydrogen) atoms. The van der Waals surface area contributed by atoms with Gasteiger partial charge in [-0.1, -0.05) is 12.1 Å². The predicted octanol–water partition coefficient (Wildman–Crippen LogP) is 2.88. The normalized spacial score (nSPS) is 21.4. The van der Waals surface area contributed by atoms with Gasteiger partial charge in [0, 0.05) is 18.6 Å². The fourth-order valence-electron chi connectivity index (χ4n) is 2.40. The van der Waals surface area contributed by atoms with Gasteiger partial charge in [-0.3, -0.25) is 0 Å². The first-order valence-corrected chi connectivity index (χ1v) is 6.10. The van der Waals surface area contributed by atoms with Crippen LogP contribution in [0, 0.1) is 5.92 Å². The van der Waals surface area contributed by atoms with Crippen LogP contribution in [0.4, 0.5) is 13.2 Å². The third-order valence-corrected chi connectivity index (χ3v) is 3.20. The van der Waals surface area contributed by atoms with Crippen molar-refractivity contribution in [1.82, 2.24) is 5.32 Å². The average Bonchev–Trinajstić information content (AvgIpc) is 2.82. The highest BCUT2D eigenvalue weighted by Crippen LogP contribution is 2.31. The maximum absolute atomic E-state index is 12.2. The van der Waals surface area contributed by atoms with Crippen LogP contribution in [0.15, 0.2) is 24.3 Å². The van der Waals surface area contributed by atoms with Crippen molar-refractivity contribution in [1.29, 1.82) is 0 Å². The molecular weight excluding hydrogens is 259 g/mol. The third kappa shape index (κ3) is 3.84. The van der Waals surface area contributed by atoms with E-state index >= 15 is 0 Å². The minimum Gasteiger partial charge on any atom is -0.406 e. The Morgan fingerprint density at radius 3 is 2.79 bits per heavy atom. The standard InChI is InChI=1S/C13H16F3NO2/c1-17-12(10-5-6-18-8-10)9-3-2-4-11(7-9)19-13(14,15)16/h2-4,7,10,12,17H,5-6,8H2,1H3. The summed E-state index contributed by atoms with van der Waals surface area (Å²) in [6, 6.07) is 6.06. The first-order chi connectivity index (χ1) is 8.99. The van der Waals surface area contributed by atoms with Crippen molar-refractivity contribution in [2.75, 3.05) is 20.3 Å². The van der Waals surface area contributed by atoms with Crippen LogP contribution in [0.5, 0.6) is 5.75 Å². The molecule has 0 amide bonds. The largest absolute Gasteiger partial charge is 0.573 e.